The highest BCUT2D eigenvalue weighted by Crippen LogP contribution is 2.24. The summed E-state index contributed by atoms with van der Waals surface area (Å²) in [5, 5.41) is 0. The fourth-order valence-corrected chi connectivity index (χ4v) is 2.78. The van der Waals surface area contributed by atoms with E-state index in [-0.39, 0.29) is 6.04 Å². The van der Waals surface area contributed by atoms with Crippen molar-refractivity contribution in [3.63, 3.8) is 0 Å². The zero-order chi connectivity index (χ0) is 13.5. The molecule has 106 valence electrons. The SMILES string of the molecule is CCCc1ccc(C(CCC2CCCO2)NN)cc1. The van der Waals surface area contributed by atoms with Crippen molar-refractivity contribution in [2.24, 2.45) is 5.84 Å². The molecule has 1 saturated heterocycles. The number of rotatable bonds is 7. The van der Waals surface area contributed by atoms with E-state index in [1.54, 1.807) is 0 Å². The first-order chi connectivity index (χ1) is 9.33. The zero-order valence-corrected chi connectivity index (χ0v) is 11.9. The average molecular weight is 262 g/mol. The van der Waals surface area contributed by atoms with Gasteiger partial charge in [0.2, 0.25) is 0 Å². The van der Waals surface area contributed by atoms with Crippen molar-refractivity contribution in [3.8, 4) is 0 Å². The van der Waals surface area contributed by atoms with Crippen molar-refractivity contribution >= 4 is 0 Å². The van der Waals surface area contributed by atoms with Crippen LogP contribution in [0.3, 0.4) is 0 Å². The fourth-order valence-electron chi connectivity index (χ4n) is 2.78. The predicted molar refractivity (Wildman–Crippen MR) is 78.7 cm³/mol. The molecule has 1 fully saturated rings. The summed E-state index contributed by atoms with van der Waals surface area (Å²) in [6.45, 7) is 3.14. The Hall–Kier alpha value is -0.900. The lowest BCUT2D eigenvalue weighted by Crippen LogP contribution is -2.28. The molecule has 3 heteroatoms. The van der Waals surface area contributed by atoms with Crippen LogP contribution >= 0.6 is 0 Å². The van der Waals surface area contributed by atoms with Crippen molar-refractivity contribution in [2.45, 2.75) is 57.6 Å². The van der Waals surface area contributed by atoms with Crippen LogP contribution in [0.1, 0.15) is 56.2 Å². The molecule has 0 spiro atoms. The Bertz CT molecular complexity index is 358. The molecule has 1 aromatic rings. The Labute approximate surface area is 116 Å². The zero-order valence-electron chi connectivity index (χ0n) is 11.9. The van der Waals surface area contributed by atoms with E-state index in [9.17, 15) is 0 Å². The molecular formula is C16H26N2O. The van der Waals surface area contributed by atoms with Crippen molar-refractivity contribution in [2.75, 3.05) is 6.61 Å². The largest absolute Gasteiger partial charge is 0.378 e. The molecule has 0 bridgehead atoms. The van der Waals surface area contributed by atoms with Gasteiger partial charge in [-0.25, -0.2) is 0 Å². The van der Waals surface area contributed by atoms with Crippen molar-refractivity contribution < 1.29 is 4.74 Å². The Morgan fingerprint density at radius 3 is 2.74 bits per heavy atom. The Kier molecular flexibility index (Phi) is 5.83. The number of benzene rings is 1. The molecule has 1 aromatic carbocycles. The van der Waals surface area contributed by atoms with Crippen molar-refractivity contribution in [1.82, 2.24) is 5.43 Å². The molecule has 2 atom stereocenters. The van der Waals surface area contributed by atoms with E-state index in [2.05, 4.69) is 36.6 Å². The minimum absolute atomic E-state index is 0.236. The lowest BCUT2D eigenvalue weighted by molar-refractivity contribution is 0.0996. The van der Waals surface area contributed by atoms with Crippen molar-refractivity contribution in [3.05, 3.63) is 35.4 Å². The summed E-state index contributed by atoms with van der Waals surface area (Å²) in [4.78, 5) is 0. The first-order valence-corrected chi connectivity index (χ1v) is 7.50. The van der Waals surface area contributed by atoms with Crippen LogP contribution in [0.15, 0.2) is 24.3 Å². The smallest absolute Gasteiger partial charge is 0.0576 e. The highest BCUT2D eigenvalue weighted by Gasteiger charge is 2.18. The summed E-state index contributed by atoms with van der Waals surface area (Å²) in [6.07, 6.45) is 7.31. The molecule has 0 aliphatic carbocycles. The van der Waals surface area contributed by atoms with Gasteiger partial charge in [0.15, 0.2) is 0 Å². The second-order valence-electron chi connectivity index (χ2n) is 5.42. The predicted octanol–water partition coefficient (Wildman–Crippen LogP) is 3.10. The molecule has 19 heavy (non-hydrogen) atoms. The molecule has 3 nitrogen and oxygen atoms in total. The first-order valence-electron chi connectivity index (χ1n) is 7.50. The van der Waals surface area contributed by atoms with Gasteiger partial charge in [0, 0.05) is 12.6 Å². The molecule has 1 heterocycles. The van der Waals surface area contributed by atoms with Gasteiger partial charge in [0.1, 0.15) is 0 Å². The number of aryl methyl sites for hydroxylation is 1. The van der Waals surface area contributed by atoms with E-state index >= 15 is 0 Å². The number of nitrogens with two attached hydrogens (primary N) is 1. The maximum atomic E-state index is 5.70. The van der Waals surface area contributed by atoms with Crippen LogP contribution in [0.25, 0.3) is 0 Å². The maximum absolute atomic E-state index is 5.70. The average Bonchev–Trinajstić information content (AvgIpc) is 2.95. The summed E-state index contributed by atoms with van der Waals surface area (Å²) in [6, 6.07) is 9.07. The first kappa shape index (κ1) is 14.5. The molecule has 1 aliphatic heterocycles. The summed E-state index contributed by atoms with van der Waals surface area (Å²) in [5.74, 6) is 5.70. The van der Waals surface area contributed by atoms with E-state index in [0.29, 0.717) is 6.10 Å². The summed E-state index contributed by atoms with van der Waals surface area (Å²) in [5.41, 5.74) is 5.62. The number of nitrogens with one attached hydrogen (secondary N) is 1. The van der Waals surface area contributed by atoms with E-state index in [1.807, 2.05) is 0 Å². The van der Waals surface area contributed by atoms with Gasteiger partial charge in [-0.15, -0.1) is 0 Å². The summed E-state index contributed by atoms with van der Waals surface area (Å²) < 4.78 is 5.67. The fraction of sp³-hybridized carbons (Fsp3) is 0.625. The Morgan fingerprint density at radius 2 is 2.16 bits per heavy atom. The van der Waals surface area contributed by atoms with Crippen molar-refractivity contribution in [1.29, 1.82) is 0 Å². The van der Waals surface area contributed by atoms with Crippen LogP contribution in [0, 0.1) is 0 Å². The van der Waals surface area contributed by atoms with Crippen LogP contribution in [0.2, 0.25) is 0 Å². The number of hydrogen-bond acceptors (Lipinski definition) is 3. The third-order valence-electron chi connectivity index (χ3n) is 3.92. The molecule has 0 amide bonds. The van der Waals surface area contributed by atoms with Gasteiger partial charge in [-0.05, 0) is 43.2 Å². The molecule has 1 aliphatic rings. The summed E-state index contributed by atoms with van der Waals surface area (Å²) >= 11 is 0. The van der Waals surface area contributed by atoms with Gasteiger partial charge in [0.05, 0.1) is 6.10 Å². The number of ether oxygens (including phenoxy) is 1. The van der Waals surface area contributed by atoms with Crippen LogP contribution in [-0.2, 0) is 11.2 Å². The number of hydrogen-bond donors (Lipinski definition) is 2. The standard InChI is InChI=1S/C16H26N2O/c1-2-4-13-6-8-14(9-7-13)16(18-17)11-10-15-5-3-12-19-15/h6-9,15-16,18H,2-5,10-12,17H2,1H3. The molecule has 0 saturated carbocycles. The molecule has 2 rings (SSSR count). The van der Waals surface area contributed by atoms with Gasteiger partial charge >= 0.3 is 0 Å². The van der Waals surface area contributed by atoms with Crippen LogP contribution in [-0.4, -0.2) is 12.7 Å². The highest BCUT2D eigenvalue weighted by atomic mass is 16.5. The lowest BCUT2D eigenvalue weighted by atomic mass is 9.98. The molecular weight excluding hydrogens is 236 g/mol. The Balaban J connectivity index is 1.88. The quantitative estimate of drug-likeness (QED) is 0.586. The third-order valence-corrected chi connectivity index (χ3v) is 3.92. The van der Waals surface area contributed by atoms with Gasteiger partial charge in [-0.3, -0.25) is 11.3 Å². The van der Waals surface area contributed by atoms with Gasteiger partial charge < -0.3 is 4.74 Å². The summed E-state index contributed by atoms with van der Waals surface area (Å²) in [7, 11) is 0. The highest BCUT2D eigenvalue weighted by molar-refractivity contribution is 5.25. The van der Waals surface area contributed by atoms with Crippen LogP contribution in [0.4, 0.5) is 0 Å². The normalized spacial score (nSPS) is 20.6. The van der Waals surface area contributed by atoms with Gasteiger partial charge in [-0.1, -0.05) is 37.6 Å². The van der Waals surface area contributed by atoms with E-state index in [4.69, 9.17) is 10.6 Å². The monoisotopic (exact) mass is 262 g/mol. The lowest BCUT2D eigenvalue weighted by Gasteiger charge is -2.18. The number of hydrazine groups is 1. The maximum Gasteiger partial charge on any atom is 0.0576 e. The van der Waals surface area contributed by atoms with E-state index < -0.39 is 0 Å². The third kappa shape index (κ3) is 4.30. The molecule has 0 aromatic heterocycles. The van der Waals surface area contributed by atoms with Gasteiger partial charge in [-0.2, -0.15) is 0 Å². The van der Waals surface area contributed by atoms with Gasteiger partial charge in [0.25, 0.3) is 0 Å². The Morgan fingerprint density at radius 1 is 1.37 bits per heavy atom. The van der Waals surface area contributed by atoms with Crippen LogP contribution in [0.5, 0.6) is 0 Å². The minimum Gasteiger partial charge on any atom is -0.378 e. The molecule has 0 radical (unpaired) electrons. The topological polar surface area (TPSA) is 47.3 Å². The second-order valence-corrected chi connectivity index (χ2v) is 5.42. The minimum atomic E-state index is 0.236. The second kappa shape index (κ2) is 7.63. The molecule has 3 N–H and O–H groups in total. The van der Waals surface area contributed by atoms with E-state index in [0.717, 1.165) is 25.9 Å². The van der Waals surface area contributed by atoms with E-state index in [1.165, 1.54) is 30.4 Å². The molecule has 2 unspecified atom stereocenters. The van der Waals surface area contributed by atoms with Crippen LogP contribution < -0.4 is 11.3 Å².